The van der Waals surface area contributed by atoms with Gasteiger partial charge in [0, 0.05) is 30.5 Å². The Balaban J connectivity index is 2.13. The molecule has 0 saturated heterocycles. The van der Waals surface area contributed by atoms with Gasteiger partial charge in [-0.2, -0.15) is 0 Å². The van der Waals surface area contributed by atoms with Crippen molar-refractivity contribution in [3.05, 3.63) is 28.0 Å². The molecule has 1 aromatic rings. The third kappa shape index (κ3) is 5.28. The molecule has 134 valence electrons. The Morgan fingerprint density at radius 1 is 1.33 bits per heavy atom. The van der Waals surface area contributed by atoms with Crippen molar-refractivity contribution in [3.63, 3.8) is 0 Å². The molecular formula is C18H28Cl2N2OSi. The Labute approximate surface area is 157 Å². The number of nitrogens with one attached hydrogen (secondary N) is 1. The highest BCUT2D eigenvalue weighted by molar-refractivity contribution is 6.59. The number of pyridine rings is 1. The van der Waals surface area contributed by atoms with E-state index in [9.17, 15) is 0 Å². The number of nitrogens with zero attached hydrogens (tertiary/aromatic N) is 1. The zero-order valence-corrected chi connectivity index (χ0v) is 17.3. The van der Waals surface area contributed by atoms with Gasteiger partial charge in [-0.3, -0.25) is 4.98 Å². The second-order valence-corrected chi connectivity index (χ2v) is 9.74. The molecule has 2 rings (SSSR count). The normalized spacial score (nSPS) is 18.6. The standard InChI is InChI=1S/C18H28Cl2N2OSi/c1-4-24(5-2)23-17(18-15(19)10-21-11-16(18)20)12-22-13(3)14-8-6-7-9-14/h4,10-11,13-14,17,22H,5-9,12H2,1-3H3/b24-4-. The van der Waals surface area contributed by atoms with Crippen LogP contribution in [0.4, 0.5) is 0 Å². The van der Waals surface area contributed by atoms with Crippen LogP contribution in [0.15, 0.2) is 12.4 Å². The second-order valence-electron chi connectivity index (χ2n) is 6.47. The first-order valence-electron chi connectivity index (χ1n) is 8.90. The molecule has 0 bridgehead atoms. The number of hydrogen-bond acceptors (Lipinski definition) is 3. The maximum absolute atomic E-state index is 6.40. The summed E-state index contributed by atoms with van der Waals surface area (Å²) in [7, 11) is -0.971. The highest BCUT2D eigenvalue weighted by Gasteiger charge is 2.25. The molecule has 0 amide bonds. The van der Waals surface area contributed by atoms with Gasteiger partial charge in [0.05, 0.1) is 10.0 Å². The van der Waals surface area contributed by atoms with Crippen LogP contribution in [0.3, 0.4) is 0 Å². The molecule has 1 heterocycles. The molecule has 3 nitrogen and oxygen atoms in total. The Morgan fingerprint density at radius 2 is 1.96 bits per heavy atom. The van der Waals surface area contributed by atoms with Gasteiger partial charge in [0.1, 0.15) is 6.10 Å². The van der Waals surface area contributed by atoms with Crippen molar-refractivity contribution in [2.45, 2.75) is 64.6 Å². The first kappa shape index (κ1) is 19.9. The fourth-order valence-electron chi connectivity index (χ4n) is 3.39. The largest absolute Gasteiger partial charge is 0.543 e. The quantitative estimate of drug-likeness (QED) is 0.636. The van der Waals surface area contributed by atoms with Crippen LogP contribution in [0.2, 0.25) is 16.1 Å². The molecule has 2 atom stereocenters. The van der Waals surface area contributed by atoms with E-state index >= 15 is 0 Å². The van der Waals surface area contributed by atoms with Crippen molar-refractivity contribution < 1.29 is 4.43 Å². The number of rotatable bonds is 8. The summed E-state index contributed by atoms with van der Waals surface area (Å²) in [6.45, 7) is 7.23. The minimum absolute atomic E-state index is 0.137. The summed E-state index contributed by atoms with van der Waals surface area (Å²) in [5.74, 6) is 0.766. The van der Waals surface area contributed by atoms with Crippen LogP contribution >= 0.6 is 23.2 Å². The van der Waals surface area contributed by atoms with E-state index in [0.29, 0.717) is 16.1 Å². The monoisotopic (exact) mass is 386 g/mol. The van der Waals surface area contributed by atoms with Gasteiger partial charge in [-0.05, 0) is 38.7 Å². The average Bonchev–Trinajstić information content (AvgIpc) is 3.10. The van der Waals surface area contributed by atoms with E-state index in [1.807, 2.05) is 0 Å². The van der Waals surface area contributed by atoms with Crippen LogP contribution in [0.25, 0.3) is 0 Å². The van der Waals surface area contributed by atoms with Gasteiger partial charge in [-0.1, -0.05) is 48.6 Å². The predicted molar refractivity (Wildman–Crippen MR) is 105 cm³/mol. The minimum atomic E-state index is -0.971. The summed E-state index contributed by atoms with van der Waals surface area (Å²) >= 11 is 12.8. The summed E-state index contributed by atoms with van der Waals surface area (Å²) in [5, 5.41) is 4.83. The molecule has 6 heteroatoms. The molecule has 1 aliphatic carbocycles. The van der Waals surface area contributed by atoms with Gasteiger partial charge >= 0.3 is 0 Å². The van der Waals surface area contributed by atoms with Crippen LogP contribution in [-0.2, 0) is 4.43 Å². The predicted octanol–water partition coefficient (Wildman–Crippen LogP) is 5.03. The number of halogens is 2. The van der Waals surface area contributed by atoms with Gasteiger partial charge in [-0.15, -0.1) is 0 Å². The summed E-state index contributed by atoms with van der Waals surface area (Å²) in [4.78, 5) is 4.07. The molecule has 1 fully saturated rings. The Bertz CT molecular complexity index is 542. The van der Waals surface area contributed by atoms with Crippen molar-refractivity contribution in [2.75, 3.05) is 6.54 Å². The molecule has 1 aromatic heterocycles. The smallest absolute Gasteiger partial charge is 0.228 e. The van der Waals surface area contributed by atoms with E-state index in [2.05, 4.69) is 36.7 Å². The molecule has 0 radical (unpaired) electrons. The summed E-state index contributed by atoms with van der Waals surface area (Å²) in [6.07, 6.45) is 8.51. The van der Waals surface area contributed by atoms with Crippen LogP contribution in [0.5, 0.6) is 0 Å². The van der Waals surface area contributed by atoms with Crippen molar-refractivity contribution in [1.29, 1.82) is 0 Å². The molecule has 0 spiro atoms. The second kappa shape index (κ2) is 9.90. The lowest BCUT2D eigenvalue weighted by Crippen LogP contribution is -2.36. The zero-order valence-electron chi connectivity index (χ0n) is 14.8. The van der Waals surface area contributed by atoms with E-state index in [1.165, 1.54) is 25.7 Å². The lowest BCUT2D eigenvalue weighted by molar-refractivity contribution is 0.197. The molecule has 2 unspecified atom stereocenters. The fourth-order valence-corrected chi connectivity index (χ4v) is 5.27. The maximum atomic E-state index is 6.40. The van der Waals surface area contributed by atoms with E-state index < -0.39 is 8.65 Å². The number of hydrogen-bond donors (Lipinski definition) is 1. The lowest BCUT2D eigenvalue weighted by Gasteiger charge is -2.27. The van der Waals surface area contributed by atoms with Gasteiger partial charge in [0.25, 0.3) is 0 Å². The van der Waals surface area contributed by atoms with Gasteiger partial charge in [-0.25, -0.2) is 0 Å². The average molecular weight is 387 g/mol. The molecule has 0 aromatic carbocycles. The van der Waals surface area contributed by atoms with Crippen LogP contribution in [-0.4, -0.2) is 31.9 Å². The molecule has 1 saturated carbocycles. The Kier molecular flexibility index (Phi) is 8.21. The Morgan fingerprint density at radius 3 is 2.50 bits per heavy atom. The van der Waals surface area contributed by atoms with E-state index in [4.69, 9.17) is 27.6 Å². The van der Waals surface area contributed by atoms with E-state index in [-0.39, 0.29) is 6.10 Å². The lowest BCUT2D eigenvalue weighted by atomic mass is 9.99. The van der Waals surface area contributed by atoms with Gasteiger partial charge < -0.3 is 9.74 Å². The van der Waals surface area contributed by atoms with Crippen molar-refractivity contribution in [2.24, 2.45) is 5.92 Å². The summed E-state index contributed by atoms with van der Waals surface area (Å²) in [6, 6.07) is 1.51. The third-order valence-electron chi connectivity index (χ3n) is 4.91. The SMILES string of the molecule is C/C=[Si](/CC)OC(CNC(C)C1CCCC1)c1c(Cl)cncc1Cl. The Hall–Kier alpha value is -0.423. The van der Waals surface area contributed by atoms with Crippen molar-refractivity contribution >= 4 is 37.5 Å². The number of aromatic nitrogens is 1. The third-order valence-corrected chi connectivity index (χ3v) is 7.44. The van der Waals surface area contributed by atoms with Crippen molar-refractivity contribution in [1.82, 2.24) is 10.3 Å². The van der Waals surface area contributed by atoms with Crippen molar-refractivity contribution in [3.8, 4) is 0 Å². The molecule has 0 aliphatic heterocycles. The highest BCUT2D eigenvalue weighted by atomic mass is 35.5. The van der Waals surface area contributed by atoms with Crippen LogP contribution < -0.4 is 5.32 Å². The van der Waals surface area contributed by atoms with E-state index in [0.717, 1.165) is 24.1 Å². The molecule has 24 heavy (non-hydrogen) atoms. The minimum Gasteiger partial charge on any atom is -0.543 e. The highest BCUT2D eigenvalue weighted by Crippen LogP contribution is 2.32. The zero-order chi connectivity index (χ0) is 17.5. The van der Waals surface area contributed by atoms with Gasteiger partial charge in [0.2, 0.25) is 8.65 Å². The van der Waals surface area contributed by atoms with E-state index in [1.54, 1.807) is 12.4 Å². The molecule has 1 N–H and O–H groups in total. The topological polar surface area (TPSA) is 34.1 Å². The first-order valence-corrected chi connectivity index (χ1v) is 11.4. The molecular weight excluding hydrogens is 359 g/mol. The fraction of sp³-hybridized carbons (Fsp3) is 0.667. The molecule has 1 aliphatic rings. The maximum Gasteiger partial charge on any atom is 0.228 e. The van der Waals surface area contributed by atoms with Crippen LogP contribution in [0, 0.1) is 5.92 Å². The summed E-state index contributed by atoms with van der Waals surface area (Å²) in [5.41, 5.74) is 3.04. The first-order chi connectivity index (χ1) is 11.6. The summed E-state index contributed by atoms with van der Waals surface area (Å²) < 4.78 is 6.40. The van der Waals surface area contributed by atoms with Crippen LogP contribution in [0.1, 0.15) is 58.1 Å². The van der Waals surface area contributed by atoms with Gasteiger partial charge in [0.15, 0.2) is 0 Å².